The van der Waals surface area contributed by atoms with Crippen molar-refractivity contribution in [3.05, 3.63) is 0 Å². The summed E-state index contributed by atoms with van der Waals surface area (Å²) < 4.78 is 16.1. The van der Waals surface area contributed by atoms with Gasteiger partial charge in [0.25, 0.3) is 0 Å². The maximum absolute atomic E-state index is 8.26. The first-order valence-electron chi connectivity index (χ1n) is 5.61. The van der Waals surface area contributed by atoms with Crippen molar-refractivity contribution in [1.82, 2.24) is 0 Å². The minimum absolute atomic E-state index is 0.0320. The summed E-state index contributed by atoms with van der Waals surface area (Å²) in [5.74, 6) is 0. The van der Waals surface area contributed by atoms with Gasteiger partial charge in [-0.15, -0.1) is 0 Å². The zero-order valence-electron chi connectivity index (χ0n) is 9.11. The van der Waals surface area contributed by atoms with Crippen molar-refractivity contribution in [1.29, 1.82) is 5.26 Å². The van der Waals surface area contributed by atoms with Crippen LogP contribution in [0.25, 0.3) is 0 Å². The number of nitrogens with zero attached hydrogens (tertiary/aromatic N) is 1. The number of hydrogen-bond donors (Lipinski definition) is 0. The molecule has 0 saturated carbocycles. The smallest absolute Gasteiger partial charge is 0.157 e. The highest BCUT2D eigenvalue weighted by atomic mass is 16.7. The minimum atomic E-state index is 0.0320. The monoisotopic (exact) mass is 213 g/mol. The maximum atomic E-state index is 8.26. The second-order valence-corrected chi connectivity index (χ2v) is 3.54. The van der Waals surface area contributed by atoms with E-state index in [1.165, 1.54) is 0 Å². The van der Waals surface area contributed by atoms with Crippen LogP contribution in [0.2, 0.25) is 0 Å². The fraction of sp³-hybridized carbons (Fsp3) is 0.909. The van der Waals surface area contributed by atoms with Crippen LogP contribution in [-0.2, 0) is 14.2 Å². The number of ether oxygens (including phenoxy) is 3. The SMILES string of the molecule is N#CCCOCCCCOC1CCCO1. The fourth-order valence-electron chi connectivity index (χ4n) is 1.42. The van der Waals surface area contributed by atoms with Gasteiger partial charge in [-0.05, 0) is 19.3 Å². The molecular formula is C11H19NO3. The van der Waals surface area contributed by atoms with Crippen LogP contribution in [0, 0.1) is 11.3 Å². The van der Waals surface area contributed by atoms with E-state index in [2.05, 4.69) is 0 Å². The predicted octanol–water partition coefficient (Wildman–Crippen LogP) is 1.85. The van der Waals surface area contributed by atoms with Gasteiger partial charge in [-0.3, -0.25) is 0 Å². The van der Waals surface area contributed by atoms with Crippen molar-refractivity contribution in [3.8, 4) is 6.07 Å². The molecule has 1 fully saturated rings. The zero-order valence-corrected chi connectivity index (χ0v) is 9.11. The zero-order chi connectivity index (χ0) is 10.8. The number of rotatable bonds is 8. The molecule has 0 spiro atoms. The molecule has 0 aromatic heterocycles. The molecule has 1 rings (SSSR count). The Balaban J connectivity index is 1.75. The molecule has 0 amide bonds. The lowest BCUT2D eigenvalue weighted by Gasteiger charge is -2.10. The quantitative estimate of drug-likeness (QED) is 0.577. The molecule has 1 aliphatic rings. The van der Waals surface area contributed by atoms with E-state index in [1.807, 2.05) is 6.07 Å². The highest BCUT2D eigenvalue weighted by molar-refractivity contribution is 4.66. The standard InChI is InChI=1S/C11H19NO3/c12-6-4-8-13-7-1-2-9-14-11-5-3-10-15-11/h11H,1-5,7-10H2. The first kappa shape index (κ1) is 12.4. The minimum Gasteiger partial charge on any atom is -0.380 e. The van der Waals surface area contributed by atoms with Gasteiger partial charge in [-0.25, -0.2) is 0 Å². The molecular weight excluding hydrogens is 194 g/mol. The molecule has 1 saturated heterocycles. The summed E-state index contributed by atoms with van der Waals surface area (Å²) in [6.45, 7) is 2.84. The Labute approximate surface area is 91.1 Å². The largest absolute Gasteiger partial charge is 0.380 e. The van der Waals surface area contributed by atoms with Crippen molar-refractivity contribution in [2.75, 3.05) is 26.4 Å². The highest BCUT2D eigenvalue weighted by Crippen LogP contribution is 2.13. The van der Waals surface area contributed by atoms with E-state index < -0.39 is 0 Å². The van der Waals surface area contributed by atoms with Crippen molar-refractivity contribution in [3.63, 3.8) is 0 Å². The van der Waals surface area contributed by atoms with Gasteiger partial charge in [0.15, 0.2) is 6.29 Å². The number of unbranched alkanes of at least 4 members (excludes halogenated alkanes) is 1. The molecule has 0 aromatic rings. The van der Waals surface area contributed by atoms with Crippen LogP contribution >= 0.6 is 0 Å². The molecule has 86 valence electrons. The van der Waals surface area contributed by atoms with Gasteiger partial charge >= 0.3 is 0 Å². The molecule has 4 nitrogen and oxygen atoms in total. The third kappa shape index (κ3) is 6.45. The molecule has 4 heteroatoms. The Bertz CT molecular complexity index is 185. The first-order valence-corrected chi connectivity index (χ1v) is 5.61. The van der Waals surface area contributed by atoms with E-state index in [1.54, 1.807) is 0 Å². The Morgan fingerprint density at radius 1 is 1.27 bits per heavy atom. The van der Waals surface area contributed by atoms with E-state index in [9.17, 15) is 0 Å². The molecule has 1 heterocycles. The summed E-state index contributed by atoms with van der Waals surface area (Å²) >= 11 is 0. The van der Waals surface area contributed by atoms with Crippen LogP contribution in [0.1, 0.15) is 32.1 Å². The van der Waals surface area contributed by atoms with Crippen molar-refractivity contribution < 1.29 is 14.2 Å². The van der Waals surface area contributed by atoms with Crippen LogP contribution in [0.3, 0.4) is 0 Å². The van der Waals surface area contributed by atoms with Crippen molar-refractivity contribution >= 4 is 0 Å². The molecule has 0 N–H and O–H groups in total. The molecule has 0 radical (unpaired) electrons. The first-order chi connectivity index (χ1) is 7.43. The van der Waals surface area contributed by atoms with Crippen molar-refractivity contribution in [2.24, 2.45) is 0 Å². The second kappa shape index (κ2) is 8.66. The van der Waals surface area contributed by atoms with Crippen LogP contribution < -0.4 is 0 Å². The summed E-state index contributed by atoms with van der Waals surface area (Å²) in [6.07, 6.45) is 4.63. The maximum Gasteiger partial charge on any atom is 0.157 e. The topological polar surface area (TPSA) is 51.5 Å². The summed E-state index contributed by atoms with van der Waals surface area (Å²) in [5, 5.41) is 8.26. The normalized spacial score (nSPS) is 20.3. The molecule has 1 aliphatic heterocycles. The van der Waals surface area contributed by atoms with Gasteiger partial charge in [-0.2, -0.15) is 5.26 Å². The lowest BCUT2D eigenvalue weighted by atomic mass is 10.3. The fourth-order valence-corrected chi connectivity index (χ4v) is 1.42. The average molecular weight is 213 g/mol. The van der Waals surface area contributed by atoms with Crippen LogP contribution in [0.5, 0.6) is 0 Å². The Kier molecular flexibility index (Phi) is 7.18. The third-order valence-electron chi connectivity index (χ3n) is 2.23. The van der Waals surface area contributed by atoms with E-state index in [0.717, 1.165) is 45.5 Å². The van der Waals surface area contributed by atoms with E-state index in [4.69, 9.17) is 19.5 Å². The molecule has 15 heavy (non-hydrogen) atoms. The number of nitriles is 1. The molecule has 0 bridgehead atoms. The van der Waals surface area contributed by atoms with Gasteiger partial charge in [0.1, 0.15) is 0 Å². The Morgan fingerprint density at radius 2 is 2.13 bits per heavy atom. The summed E-state index contributed by atoms with van der Waals surface area (Å²) in [4.78, 5) is 0. The lowest BCUT2D eigenvalue weighted by Crippen LogP contribution is -2.11. The third-order valence-corrected chi connectivity index (χ3v) is 2.23. The Morgan fingerprint density at radius 3 is 2.87 bits per heavy atom. The van der Waals surface area contributed by atoms with Gasteiger partial charge < -0.3 is 14.2 Å². The van der Waals surface area contributed by atoms with E-state index in [0.29, 0.717) is 13.0 Å². The van der Waals surface area contributed by atoms with Crippen molar-refractivity contribution in [2.45, 2.75) is 38.4 Å². The molecule has 1 unspecified atom stereocenters. The molecule has 0 aliphatic carbocycles. The summed E-state index contributed by atoms with van der Waals surface area (Å²) in [5.41, 5.74) is 0. The average Bonchev–Trinajstić information content (AvgIpc) is 2.75. The van der Waals surface area contributed by atoms with Crippen LogP contribution in [0.4, 0.5) is 0 Å². The second-order valence-electron chi connectivity index (χ2n) is 3.54. The Hall–Kier alpha value is -0.630. The molecule has 0 aromatic carbocycles. The van der Waals surface area contributed by atoms with E-state index in [-0.39, 0.29) is 6.29 Å². The van der Waals surface area contributed by atoms with Gasteiger partial charge in [0.2, 0.25) is 0 Å². The number of hydrogen-bond acceptors (Lipinski definition) is 4. The van der Waals surface area contributed by atoms with Crippen LogP contribution in [0.15, 0.2) is 0 Å². The van der Waals surface area contributed by atoms with Crippen LogP contribution in [-0.4, -0.2) is 32.7 Å². The van der Waals surface area contributed by atoms with Gasteiger partial charge in [-0.1, -0.05) is 0 Å². The lowest BCUT2D eigenvalue weighted by molar-refractivity contribution is -0.112. The molecule has 1 atom stereocenters. The van der Waals surface area contributed by atoms with E-state index >= 15 is 0 Å². The highest BCUT2D eigenvalue weighted by Gasteiger charge is 2.14. The van der Waals surface area contributed by atoms with Gasteiger partial charge in [0.05, 0.1) is 19.1 Å². The summed E-state index contributed by atoms with van der Waals surface area (Å²) in [7, 11) is 0. The van der Waals surface area contributed by atoms with Gasteiger partial charge in [0, 0.05) is 26.2 Å². The summed E-state index contributed by atoms with van der Waals surface area (Å²) in [6, 6.07) is 2.04. The predicted molar refractivity (Wildman–Crippen MR) is 55.2 cm³/mol.